The van der Waals surface area contributed by atoms with Crippen molar-refractivity contribution in [1.82, 2.24) is 10.2 Å². The summed E-state index contributed by atoms with van der Waals surface area (Å²) in [4.78, 5) is 14.6. The van der Waals surface area contributed by atoms with E-state index in [9.17, 15) is 4.79 Å². The molecule has 3 rings (SSSR count). The Bertz CT molecular complexity index is 674. The third kappa shape index (κ3) is 5.33. The normalized spacial score (nSPS) is 14.4. The predicted molar refractivity (Wildman–Crippen MR) is 99.5 cm³/mol. The van der Waals surface area contributed by atoms with Gasteiger partial charge in [0.1, 0.15) is 5.75 Å². The average molecular weight is 338 g/mol. The van der Waals surface area contributed by atoms with Crippen LogP contribution in [0.3, 0.4) is 0 Å². The van der Waals surface area contributed by atoms with Gasteiger partial charge in [0.2, 0.25) is 5.91 Å². The lowest BCUT2D eigenvalue weighted by Crippen LogP contribution is -2.24. The fraction of sp³-hybridized carbons (Fsp3) is 0.381. The zero-order chi connectivity index (χ0) is 17.5. The number of methoxy groups -OCH3 is 1. The van der Waals surface area contributed by atoms with Gasteiger partial charge < -0.3 is 10.1 Å². The van der Waals surface area contributed by atoms with Crippen LogP contribution in [0.4, 0.5) is 0 Å². The maximum absolute atomic E-state index is 12.1. The fourth-order valence-electron chi connectivity index (χ4n) is 3.15. The highest BCUT2D eigenvalue weighted by Gasteiger charge is 2.11. The number of carbonyl (C=O) groups excluding carboxylic acids is 1. The first-order chi connectivity index (χ1) is 12.2. The molecule has 4 heteroatoms. The maximum atomic E-state index is 12.1. The molecular formula is C21H26N2O2. The molecule has 2 aromatic rings. The summed E-state index contributed by atoms with van der Waals surface area (Å²) in [5.74, 6) is 0.837. The number of hydrogen-bond donors (Lipinski definition) is 1. The van der Waals surface area contributed by atoms with Gasteiger partial charge in [-0.05, 0) is 54.8 Å². The van der Waals surface area contributed by atoms with E-state index in [-0.39, 0.29) is 5.91 Å². The average Bonchev–Trinajstić information content (AvgIpc) is 3.15. The maximum Gasteiger partial charge on any atom is 0.224 e. The Morgan fingerprint density at radius 3 is 2.20 bits per heavy atom. The van der Waals surface area contributed by atoms with Crippen molar-refractivity contribution >= 4 is 5.91 Å². The van der Waals surface area contributed by atoms with Crippen molar-refractivity contribution in [3.8, 4) is 5.75 Å². The summed E-state index contributed by atoms with van der Waals surface area (Å²) in [6.45, 7) is 4.02. The van der Waals surface area contributed by atoms with Crippen molar-refractivity contribution in [1.29, 1.82) is 0 Å². The van der Waals surface area contributed by atoms with Crippen LogP contribution in [0.2, 0.25) is 0 Å². The molecule has 132 valence electrons. The van der Waals surface area contributed by atoms with E-state index in [1.165, 1.54) is 31.5 Å². The Balaban J connectivity index is 1.44. The van der Waals surface area contributed by atoms with Crippen LogP contribution in [0, 0.1) is 0 Å². The highest BCUT2D eigenvalue weighted by molar-refractivity contribution is 5.78. The van der Waals surface area contributed by atoms with E-state index >= 15 is 0 Å². The van der Waals surface area contributed by atoms with Gasteiger partial charge in [-0.3, -0.25) is 9.69 Å². The Morgan fingerprint density at radius 1 is 0.960 bits per heavy atom. The lowest BCUT2D eigenvalue weighted by Gasteiger charge is -2.14. The lowest BCUT2D eigenvalue weighted by atomic mass is 10.1. The molecule has 0 aliphatic carbocycles. The molecule has 0 unspecified atom stereocenters. The zero-order valence-corrected chi connectivity index (χ0v) is 14.8. The van der Waals surface area contributed by atoms with Crippen LogP contribution in [0.5, 0.6) is 5.75 Å². The molecular weight excluding hydrogens is 312 g/mol. The van der Waals surface area contributed by atoms with Crippen LogP contribution in [0.15, 0.2) is 48.5 Å². The number of carbonyl (C=O) groups is 1. The molecule has 1 aliphatic rings. The molecule has 2 aromatic carbocycles. The van der Waals surface area contributed by atoms with E-state index in [1.54, 1.807) is 7.11 Å². The summed E-state index contributed by atoms with van der Waals surface area (Å²) in [7, 11) is 1.64. The van der Waals surface area contributed by atoms with Gasteiger partial charge in [0.05, 0.1) is 13.5 Å². The van der Waals surface area contributed by atoms with Crippen LogP contribution in [0.1, 0.15) is 29.5 Å². The van der Waals surface area contributed by atoms with Crippen molar-refractivity contribution in [2.75, 3.05) is 20.2 Å². The number of ether oxygens (including phenoxy) is 1. The van der Waals surface area contributed by atoms with Crippen LogP contribution in [-0.4, -0.2) is 31.0 Å². The molecule has 1 heterocycles. The summed E-state index contributed by atoms with van der Waals surface area (Å²) in [5, 5.41) is 2.99. The summed E-state index contributed by atoms with van der Waals surface area (Å²) in [5.41, 5.74) is 3.46. The molecule has 4 nitrogen and oxygen atoms in total. The minimum absolute atomic E-state index is 0.0336. The second-order valence-corrected chi connectivity index (χ2v) is 6.60. The van der Waals surface area contributed by atoms with E-state index in [0.717, 1.165) is 23.4 Å². The smallest absolute Gasteiger partial charge is 0.224 e. The summed E-state index contributed by atoms with van der Waals surface area (Å²) < 4.78 is 5.13. The monoisotopic (exact) mass is 338 g/mol. The van der Waals surface area contributed by atoms with E-state index in [2.05, 4.69) is 34.5 Å². The van der Waals surface area contributed by atoms with Crippen molar-refractivity contribution in [3.63, 3.8) is 0 Å². The molecule has 0 bridgehead atoms. The highest BCUT2D eigenvalue weighted by atomic mass is 16.5. The molecule has 1 N–H and O–H groups in total. The van der Waals surface area contributed by atoms with Gasteiger partial charge in [0.25, 0.3) is 0 Å². The topological polar surface area (TPSA) is 41.6 Å². The van der Waals surface area contributed by atoms with E-state index < -0.39 is 0 Å². The van der Waals surface area contributed by atoms with Crippen LogP contribution >= 0.6 is 0 Å². The van der Waals surface area contributed by atoms with Crippen molar-refractivity contribution in [2.45, 2.75) is 32.4 Å². The van der Waals surface area contributed by atoms with Gasteiger partial charge in [-0.2, -0.15) is 0 Å². The fourth-order valence-corrected chi connectivity index (χ4v) is 3.15. The molecule has 0 spiro atoms. The molecule has 25 heavy (non-hydrogen) atoms. The molecule has 0 radical (unpaired) electrons. The second kappa shape index (κ2) is 8.67. The van der Waals surface area contributed by atoms with Gasteiger partial charge in [-0.15, -0.1) is 0 Å². The first-order valence-electron chi connectivity index (χ1n) is 8.93. The highest BCUT2D eigenvalue weighted by Crippen LogP contribution is 2.14. The number of likely N-dealkylation sites (tertiary alicyclic amines) is 1. The van der Waals surface area contributed by atoms with Gasteiger partial charge in [-0.1, -0.05) is 36.4 Å². The Morgan fingerprint density at radius 2 is 1.56 bits per heavy atom. The third-order valence-corrected chi connectivity index (χ3v) is 4.64. The molecule has 0 aromatic heterocycles. The molecule has 1 saturated heterocycles. The first kappa shape index (κ1) is 17.5. The first-order valence-corrected chi connectivity index (χ1v) is 8.93. The summed E-state index contributed by atoms with van der Waals surface area (Å²) in [6.07, 6.45) is 3.02. The van der Waals surface area contributed by atoms with Gasteiger partial charge in [0, 0.05) is 13.1 Å². The van der Waals surface area contributed by atoms with Gasteiger partial charge in [0.15, 0.2) is 0 Å². The van der Waals surface area contributed by atoms with E-state index in [4.69, 9.17) is 4.74 Å². The minimum Gasteiger partial charge on any atom is -0.497 e. The SMILES string of the molecule is COc1ccc(CC(=O)NCc2ccc(CN3CCCC3)cc2)cc1. The number of nitrogens with one attached hydrogen (secondary N) is 1. The minimum atomic E-state index is 0.0336. The summed E-state index contributed by atoms with van der Waals surface area (Å²) in [6, 6.07) is 16.2. The number of rotatable bonds is 7. The molecule has 1 amide bonds. The van der Waals surface area contributed by atoms with Crippen molar-refractivity contribution in [3.05, 3.63) is 65.2 Å². The van der Waals surface area contributed by atoms with Gasteiger partial charge >= 0.3 is 0 Å². The number of nitrogens with zero attached hydrogens (tertiary/aromatic N) is 1. The van der Waals surface area contributed by atoms with Gasteiger partial charge in [-0.25, -0.2) is 0 Å². The van der Waals surface area contributed by atoms with Crippen LogP contribution in [0.25, 0.3) is 0 Å². The largest absolute Gasteiger partial charge is 0.497 e. The van der Waals surface area contributed by atoms with E-state index in [1.807, 2.05) is 24.3 Å². The Kier molecular flexibility index (Phi) is 6.07. The lowest BCUT2D eigenvalue weighted by molar-refractivity contribution is -0.120. The molecule has 1 fully saturated rings. The standard InChI is InChI=1S/C21H26N2O2/c1-25-20-10-8-17(9-11-20)14-21(24)22-15-18-4-6-19(7-5-18)16-23-12-2-3-13-23/h4-11H,2-3,12-16H2,1H3,(H,22,24). The number of amides is 1. The number of benzene rings is 2. The predicted octanol–water partition coefficient (Wildman–Crippen LogP) is 3.15. The Labute approximate surface area is 149 Å². The third-order valence-electron chi connectivity index (χ3n) is 4.64. The Hall–Kier alpha value is -2.33. The van der Waals surface area contributed by atoms with Crippen molar-refractivity contribution in [2.24, 2.45) is 0 Å². The van der Waals surface area contributed by atoms with E-state index in [0.29, 0.717) is 13.0 Å². The zero-order valence-electron chi connectivity index (χ0n) is 14.8. The van der Waals surface area contributed by atoms with Crippen LogP contribution in [-0.2, 0) is 24.3 Å². The molecule has 0 saturated carbocycles. The molecule has 0 atom stereocenters. The van der Waals surface area contributed by atoms with Crippen LogP contribution < -0.4 is 10.1 Å². The quantitative estimate of drug-likeness (QED) is 0.843. The molecule has 1 aliphatic heterocycles. The number of hydrogen-bond acceptors (Lipinski definition) is 3. The van der Waals surface area contributed by atoms with Crippen molar-refractivity contribution < 1.29 is 9.53 Å². The summed E-state index contributed by atoms with van der Waals surface area (Å²) >= 11 is 0. The second-order valence-electron chi connectivity index (χ2n) is 6.60.